The quantitative estimate of drug-likeness (QED) is 0.158. The predicted octanol–water partition coefficient (Wildman–Crippen LogP) is 14.4. The first kappa shape index (κ1) is 37.2. The molecule has 0 fully saturated rings. The molecule has 4 heteroatoms. The van der Waals surface area contributed by atoms with Crippen molar-refractivity contribution >= 4 is 60.7 Å². The van der Waals surface area contributed by atoms with Gasteiger partial charge in [0.05, 0.1) is 33.5 Å². The van der Waals surface area contributed by atoms with E-state index in [1.165, 1.54) is 66.0 Å². The highest BCUT2D eigenvalue weighted by atomic mass is 15.0. The zero-order chi connectivity index (χ0) is 41.1. The molecule has 11 rings (SSSR count). The molecule has 292 valence electrons. The summed E-state index contributed by atoms with van der Waals surface area (Å²) in [5.41, 5.74) is 22.1. The fourth-order valence-corrected chi connectivity index (χ4v) is 8.47. The summed E-state index contributed by atoms with van der Waals surface area (Å²) in [5.74, 6) is 0. The molecule has 61 heavy (non-hydrogen) atoms. The van der Waals surface area contributed by atoms with Crippen molar-refractivity contribution in [3.63, 3.8) is 0 Å². The van der Waals surface area contributed by atoms with Crippen molar-refractivity contribution in [2.24, 2.45) is 5.73 Å². The van der Waals surface area contributed by atoms with Crippen LogP contribution in [0.3, 0.4) is 0 Å². The highest BCUT2D eigenvalue weighted by Crippen LogP contribution is 2.38. The molecule has 0 spiro atoms. The number of rotatable bonds is 7. The van der Waals surface area contributed by atoms with Crippen LogP contribution in [0.2, 0.25) is 0 Å². The summed E-state index contributed by atoms with van der Waals surface area (Å²) < 4.78 is 4.73. The Kier molecular flexibility index (Phi) is 9.93. The highest BCUT2D eigenvalue weighted by Gasteiger charge is 2.16. The van der Waals surface area contributed by atoms with Gasteiger partial charge < -0.3 is 20.2 Å². The van der Waals surface area contributed by atoms with Crippen molar-refractivity contribution in [2.75, 3.05) is 5.32 Å². The number of fused-ring (bicyclic) bond motifs is 6. The summed E-state index contributed by atoms with van der Waals surface area (Å²) in [6, 6.07) is 81.0. The minimum atomic E-state index is 0.699. The van der Waals surface area contributed by atoms with E-state index in [2.05, 4.69) is 185 Å². The van der Waals surface area contributed by atoms with Gasteiger partial charge in [0.2, 0.25) is 0 Å². The second-order valence-electron chi connectivity index (χ2n) is 15.4. The normalized spacial score (nSPS) is 11.7. The lowest BCUT2D eigenvalue weighted by atomic mass is 10.0. The molecule has 3 N–H and O–H groups in total. The van der Waals surface area contributed by atoms with E-state index in [0.29, 0.717) is 5.70 Å². The Labute approximate surface area is 356 Å². The largest absolute Gasteiger partial charge is 0.397 e. The maximum atomic E-state index is 6.79. The van der Waals surface area contributed by atoms with Crippen LogP contribution in [0.15, 0.2) is 231 Å². The third-order valence-electron chi connectivity index (χ3n) is 11.4. The van der Waals surface area contributed by atoms with Gasteiger partial charge in [-0.3, -0.25) is 0 Å². The van der Waals surface area contributed by atoms with Crippen molar-refractivity contribution in [1.82, 2.24) is 9.13 Å². The molecule has 0 amide bonds. The maximum absolute atomic E-state index is 6.79. The van der Waals surface area contributed by atoms with Crippen LogP contribution in [-0.4, -0.2) is 9.13 Å². The molecule has 0 saturated carbocycles. The number of benzene rings is 9. The maximum Gasteiger partial charge on any atom is 0.0697 e. The summed E-state index contributed by atoms with van der Waals surface area (Å²) in [7, 11) is 0. The molecule has 0 atom stereocenters. The van der Waals surface area contributed by atoms with E-state index in [4.69, 9.17) is 5.73 Å². The van der Waals surface area contributed by atoms with E-state index in [0.717, 1.165) is 28.2 Å². The molecule has 0 aliphatic carbocycles. The number of para-hydroxylation sites is 3. The number of nitrogens with zero attached hydrogens (tertiary/aromatic N) is 2. The molecule has 0 bridgehead atoms. The molecule has 0 saturated heterocycles. The summed E-state index contributed by atoms with van der Waals surface area (Å²) >= 11 is 0. The minimum Gasteiger partial charge on any atom is -0.397 e. The average Bonchev–Trinajstić information content (AvgIpc) is 3.84. The number of aromatic nitrogens is 2. The van der Waals surface area contributed by atoms with E-state index in [1.54, 1.807) is 0 Å². The van der Waals surface area contributed by atoms with E-state index < -0.39 is 0 Å². The molecule has 4 nitrogen and oxygen atoms in total. The Hall–Kier alpha value is -8.08. The van der Waals surface area contributed by atoms with Gasteiger partial charge in [-0.05, 0) is 96.4 Å². The van der Waals surface area contributed by atoms with Crippen molar-refractivity contribution in [2.45, 2.75) is 6.92 Å². The number of nitrogens with two attached hydrogens (primary N) is 1. The smallest absolute Gasteiger partial charge is 0.0697 e. The average molecular weight is 785 g/mol. The van der Waals surface area contributed by atoms with Gasteiger partial charge in [0.1, 0.15) is 0 Å². The summed E-state index contributed by atoms with van der Waals surface area (Å²) in [4.78, 5) is 0. The highest BCUT2D eigenvalue weighted by molar-refractivity contribution is 6.12. The van der Waals surface area contributed by atoms with Gasteiger partial charge in [0.25, 0.3) is 0 Å². The Balaban J connectivity index is 0.000000581. The van der Waals surface area contributed by atoms with Gasteiger partial charge in [-0.2, -0.15) is 0 Å². The first-order valence-electron chi connectivity index (χ1n) is 20.7. The van der Waals surface area contributed by atoms with Crippen molar-refractivity contribution in [3.05, 3.63) is 247 Å². The fraction of sp³-hybridized carbons (Fsp3) is 0.0175. The molecule has 9 aromatic carbocycles. The molecular weight excluding hydrogens is 741 g/mol. The van der Waals surface area contributed by atoms with Gasteiger partial charge in [0.15, 0.2) is 0 Å². The topological polar surface area (TPSA) is 47.9 Å². The second-order valence-corrected chi connectivity index (χ2v) is 15.4. The van der Waals surface area contributed by atoms with Crippen molar-refractivity contribution < 1.29 is 0 Å². The van der Waals surface area contributed by atoms with E-state index in [-0.39, 0.29) is 0 Å². The number of hydrogen-bond acceptors (Lipinski definition) is 2. The second kappa shape index (κ2) is 16.3. The first-order chi connectivity index (χ1) is 30.1. The molecule has 2 heterocycles. The molecule has 0 aliphatic rings. The molecule has 0 unspecified atom stereocenters. The number of hydrogen-bond donors (Lipinski definition) is 2. The van der Waals surface area contributed by atoms with Gasteiger partial charge in [0, 0.05) is 44.2 Å². The van der Waals surface area contributed by atoms with Crippen LogP contribution >= 0.6 is 0 Å². The van der Waals surface area contributed by atoms with Crippen LogP contribution in [0, 0.1) is 6.92 Å². The SMILES string of the molecule is Cc1ccccc1.N/C(=C(\Nc1ccc(-n2c3ccccc3c3cc(-c4ccc5c(c4)c4ccccc4n5-c4ccccc4)ccc32)cc1)c1ccccc1)c1ccccc1. The first-order valence-corrected chi connectivity index (χ1v) is 20.7. The van der Waals surface area contributed by atoms with Crippen LogP contribution in [0.5, 0.6) is 0 Å². The lowest BCUT2D eigenvalue weighted by Gasteiger charge is -2.16. The zero-order valence-corrected chi connectivity index (χ0v) is 33.9. The van der Waals surface area contributed by atoms with Crippen LogP contribution in [0.4, 0.5) is 5.69 Å². The lowest BCUT2D eigenvalue weighted by Crippen LogP contribution is -2.08. The van der Waals surface area contributed by atoms with Gasteiger partial charge in [-0.25, -0.2) is 0 Å². The Bertz CT molecular complexity index is 3310. The lowest BCUT2D eigenvalue weighted by molar-refractivity contribution is 1.18. The summed E-state index contributed by atoms with van der Waals surface area (Å²) in [6.07, 6.45) is 0. The Morgan fingerprint density at radius 3 is 1.28 bits per heavy atom. The monoisotopic (exact) mass is 784 g/mol. The van der Waals surface area contributed by atoms with Crippen LogP contribution < -0.4 is 11.1 Å². The zero-order valence-electron chi connectivity index (χ0n) is 33.9. The standard InChI is InChI=1S/C50H36N4.C7H8/c51-49(34-14-4-1-5-15-34)50(35-16-6-2-7-17-35)52-38-26-28-40(29-27-38)54-46-23-13-11-21-42(46)44-33-37(25-31-48(44)54)36-24-30-47-43(32-36)41-20-10-12-22-45(41)53(47)39-18-8-3-9-19-39;1-7-5-3-2-4-6-7/h1-33,52H,51H2;2-6H,1H3/b50-49-;. The van der Waals surface area contributed by atoms with E-state index in [9.17, 15) is 0 Å². The van der Waals surface area contributed by atoms with Gasteiger partial charge in [-0.1, -0.05) is 163 Å². The number of aryl methyl sites for hydroxylation is 1. The Morgan fingerprint density at radius 1 is 0.377 bits per heavy atom. The third-order valence-corrected chi connectivity index (χ3v) is 11.4. The van der Waals surface area contributed by atoms with Gasteiger partial charge in [-0.15, -0.1) is 0 Å². The van der Waals surface area contributed by atoms with E-state index in [1.807, 2.05) is 66.7 Å². The predicted molar refractivity (Wildman–Crippen MR) is 259 cm³/mol. The number of anilines is 1. The molecule has 0 radical (unpaired) electrons. The summed E-state index contributed by atoms with van der Waals surface area (Å²) in [6.45, 7) is 2.08. The van der Waals surface area contributed by atoms with Crippen molar-refractivity contribution in [1.29, 1.82) is 0 Å². The Morgan fingerprint density at radius 2 is 0.787 bits per heavy atom. The molecule has 11 aromatic rings. The molecular formula is C57H44N4. The third kappa shape index (κ3) is 7.21. The fourth-order valence-electron chi connectivity index (χ4n) is 8.47. The van der Waals surface area contributed by atoms with Crippen molar-refractivity contribution in [3.8, 4) is 22.5 Å². The van der Waals surface area contributed by atoms with Crippen LogP contribution in [0.1, 0.15) is 16.7 Å². The van der Waals surface area contributed by atoms with Gasteiger partial charge >= 0.3 is 0 Å². The summed E-state index contributed by atoms with van der Waals surface area (Å²) in [5, 5.41) is 8.60. The molecule has 0 aliphatic heterocycles. The minimum absolute atomic E-state index is 0.699. The van der Waals surface area contributed by atoms with E-state index >= 15 is 0 Å². The molecule has 2 aromatic heterocycles. The van der Waals surface area contributed by atoms with Crippen LogP contribution in [0.25, 0.3) is 77.5 Å². The van der Waals surface area contributed by atoms with Crippen LogP contribution in [-0.2, 0) is 0 Å². The number of nitrogens with one attached hydrogen (secondary N) is 1.